The first-order chi connectivity index (χ1) is 16.2. The molecule has 34 heavy (non-hydrogen) atoms. The minimum atomic E-state index is -4.76. The van der Waals surface area contributed by atoms with Crippen LogP contribution in [0.2, 0.25) is 0 Å². The van der Waals surface area contributed by atoms with Crippen LogP contribution in [0, 0.1) is 0 Å². The van der Waals surface area contributed by atoms with Crippen LogP contribution in [0.1, 0.15) is 5.56 Å². The van der Waals surface area contributed by atoms with Gasteiger partial charge in [-0.25, -0.2) is 8.42 Å². The van der Waals surface area contributed by atoms with E-state index in [0.717, 1.165) is 48.4 Å². The molecule has 0 saturated carbocycles. The summed E-state index contributed by atoms with van der Waals surface area (Å²) in [6, 6.07) is 7.95. The Kier molecular flexibility index (Phi) is 7.26. The van der Waals surface area contributed by atoms with Crippen molar-refractivity contribution in [1.82, 2.24) is 19.4 Å². The molecule has 0 aliphatic carbocycles. The van der Waals surface area contributed by atoms with Gasteiger partial charge in [-0.3, -0.25) is 4.90 Å². The summed E-state index contributed by atoms with van der Waals surface area (Å²) in [6.07, 6.45) is -4.76. The minimum Gasteiger partial charge on any atom is -0.395 e. The van der Waals surface area contributed by atoms with Crippen molar-refractivity contribution in [2.45, 2.75) is 11.1 Å². The van der Waals surface area contributed by atoms with Crippen LogP contribution in [0.15, 0.2) is 41.3 Å². The highest BCUT2D eigenvalue weighted by Crippen LogP contribution is 2.35. The third-order valence-electron chi connectivity index (χ3n) is 6.12. The van der Waals surface area contributed by atoms with Gasteiger partial charge < -0.3 is 14.9 Å². The maximum Gasteiger partial charge on any atom is 0.417 e. The summed E-state index contributed by atoms with van der Waals surface area (Å²) < 4.78 is 66.9. The number of hydrogen-bond acceptors (Lipinski definition) is 8. The highest BCUT2D eigenvalue weighted by atomic mass is 32.2. The Morgan fingerprint density at radius 2 is 1.35 bits per heavy atom. The number of aliphatic hydroxyl groups excluding tert-OH is 1. The number of aliphatic hydroxyl groups is 1. The SMILES string of the molecule is O=S(=O)(c1ccccc1C(F)(F)F)N1CCN(c2ccc(N3CCN(CCO)CC3)nn2)CC1. The highest BCUT2D eigenvalue weighted by molar-refractivity contribution is 7.89. The molecule has 1 aromatic heterocycles. The second-order valence-corrected chi connectivity index (χ2v) is 10.1. The number of alkyl halides is 3. The number of benzene rings is 1. The van der Waals surface area contributed by atoms with Crippen LogP contribution in [0.4, 0.5) is 24.8 Å². The third-order valence-corrected chi connectivity index (χ3v) is 8.08. The predicted molar refractivity (Wildman–Crippen MR) is 120 cm³/mol. The number of sulfonamides is 1. The molecule has 1 N–H and O–H groups in total. The van der Waals surface area contributed by atoms with Crippen LogP contribution >= 0.6 is 0 Å². The average Bonchev–Trinajstić information content (AvgIpc) is 2.84. The lowest BCUT2D eigenvalue weighted by Crippen LogP contribution is -2.49. The van der Waals surface area contributed by atoms with Crippen molar-refractivity contribution in [3.8, 4) is 0 Å². The molecule has 0 amide bonds. The number of nitrogens with zero attached hydrogens (tertiary/aromatic N) is 6. The van der Waals surface area contributed by atoms with Crippen molar-refractivity contribution in [3.05, 3.63) is 42.0 Å². The zero-order valence-corrected chi connectivity index (χ0v) is 19.3. The van der Waals surface area contributed by atoms with Crippen molar-refractivity contribution in [3.63, 3.8) is 0 Å². The van der Waals surface area contributed by atoms with E-state index in [1.54, 1.807) is 0 Å². The van der Waals surface area contributed by atoms with Gasteiger partial charge in [0.2, 0.25) is 10.0 Å². The van der Waals surface area contributed by atoms with Gasteiger partial charge in [0.05, 0.1) is 17.1 Å². The maximum atomic E-state index is 13.3. The van der Waals surface area contributed by atoms with Crippen molar-refractivity contribution in [2.24, 2.45) is 0 Å². The number of anilines is 2. The van der Waals surface area contributed by atoms with Gasteiger partial charge >= 0.3 is 6.18 Å². The lowest BCUT2D eigenvalue weighted by atomic mass is 10.2. The number of aromatic nitrogens is 2. The number of hydrogen-bond donors (Lipinski definition) is 1. The van der Waals surface area contributed by atoms with Gasteiger partial charge in [0.1, 0.15) is 0 Å². The van der Waals surface area contributed by atoms with Crippen molar-refractivity contribution >= 4 is 21.7 Å². The molecule has 0 bridgehead atoms. The molecule has 0 spiro atoms. The van der Waals surface area contributed by atoms with E-state index in [4.69, 9.17) is 5.11 Å². The fraction of sp³-hybridized carbons (Fsp3) is 0.524. The van der Waals surface area contributed by atoms with Crippen LogP contribution in [-0.2, 0) is 16.2 Å². The van der Waals surface area contributed by atoms with E-state index in [0.29, 0.717) is 25.5 Å². The summed E-state index contributed by atoms with van der Waals surface area (Å²) in [5, 5.41) is 17.7. The average molecular weight is 501 g/mol. The monoisotopic (exact) mass is 500 g/mol. The first kappa shape index (κ1) is 24.6. The number of rotatable bonds is 6. The van der Waals surface area contributed by atoms with Gasteiger partial charge in [0.15, 0.2) is 11.6 Å². The molecule has 2 aromatic rings. The summed E-state index contributed by atoms with van der Waals surface area (Å²) in [5.74, 6) is 1.34. The Morgan fingerprint density at radius 1 is 0.824 bits per heavy atom. The van der Waals surface area contributed by atoms with Gasteiger partial charge in [-0.2, -0.15) is 17.5 Å². The zero-order valence-electron chi connectivity index (χ0n) is 18.5. The van der Waals surface area contributed by atoms with E-state index in [2.05, 4.69) is 20.0 Å². The molecular weight excluding hydrogens is 473 g/mol. The van der Waals surface area contributed by atoms with Gasteiger partial charge in [0.25, 0.3) is 0 Å². The van der Waals surface area contributed by atoms with Crippen LogP contribution in [0.5, 0.6) is 0 Å². The van der Waals surface area contributed by atoms with Crippen LogP contribution in [0.3, 0.4) is 0 Å². The topological polar surface area (TPSA) is 93.1 Å². The van der Waals surface area contributed by atoms with E-state index in [-0.39, 0.29) is 19.7 Å². The van der Waals surface area contributed by atoms with Crippen LogP contribution in [-0.4, -0.2) is 98.4 Å². The Hall–Kier alpha value is -2.48. The van der Waals surface area contributed by atoms with Crippen molar-refractivity contribution < 1.29 is 26.7 Å². The molecule has 0 radical (unpaired) electrons. The molecule has 1 aromatic carbocycles. The van der Waals surface area contributed by atoms with Crippen LogP contribution in [0.25, 0.3) is 0 Å². The Labute approximate surface area is 196 Å². The molecule has 3 heterocycles. The molecule has 2 fully saturated rings. The summed E-state index contributed by atoms with van der Waals surface area (Å²) in [6.45, 7) is 4.70. The quantitative estimate of drug-likeness (QED) is 0.631. The molecule has 0 unspecified atom stereocenters. The lowest BCUT2D eigenvalue weighted by molar-refractivity contribution is -0.139. The molecule has 2 aliphatic rings. The van der Waals surface area contributed by atoms with E-state index >= 15 is 0 Å². The van der Waals surface area contributed by atoms with E-state index in [1.165, 1.54) is 12.1 Å². The molecular formula is C21H27F3N6O3S. The Bertz CT molecular complexity index is 1070. The van der Waals surface area contributed by atoms with Gasteiger partial charge in [-0.15, -0.1) is 10.2 Å². The number of β-amino-alcohol motifs (C(OH)–C–C–N with tert-alkyl or cyclic N) is 1. The molecule has 2 aliphatic heterocycles. The van der Waals surface area contributed by atoms with E-state index in [9.17, 15) is 21.6 Å². The third kappa shape index (κ3) is 5.27. The summed E-state index contributed by atoms with van der Waals surface area (Å²) in [7, 11) is -4.29. The summed E-state index contributed by atoms with van der Waals surface area (Å²) >= 11 is 0. The smallest absolute Gasteiger partial charge is 0.395 e. The van der Waals surface area contributed by atoms with Crippen LogP contribution < -0.4 is 9.80 Å². The van der Waals surface area contributed by atoms with Gasteiger partial charge in [0, 0.05) is 58.9 Å². The van der Waals surface area contributed by atoms with Gasteiger partial charge in [-0.1, -0.05) is 12.1 Å². The maximum absolute atomic E-state index is 13.3. The minimum absolute atomic E-state index is 0.0464. The molecule has 13 heteroatoms. The summed E-state index contributed by atoms with van der Waals surface area (Å²) in [5.41, 5.74) is -1.16. The van der Waals surface area contributed by atoms with Crippen molar-refractivity contribution in [2.75, 3.05) is 75.3 Å². The number of piperazine rings is 2. The second kappa shape index (κ2) is 10.0. The predicted octanol–water partition coefficient (Wildman–Crippen LogP) is 1.12. The Balaban J connectivity index is 1.38. The molecule has 0 atom stereocenters. The van der Waals surface area contributed by atoms with E-state index in [1.807, 2.05) is 17.0 Å². The zero-order chi connectivity index (χ0) is 24.3. The normalized spacial score (nSPS) is 18.9. The first-order valence-electron chi connectivity index (χ1n) is 11.0. The molecule has 2 saturated heterocycles. The van der Waals surface area contributed by atoms with E-state index < -0.39 is 26.7 Å². The highest BCUT2D eigenvalue weighted by Gasteiger charge is 2.39. The van der Waals surface area contributed by atoms with Gasteiger partial charge in [-0.05, 0) is 24.3 Å². The second-order valence-electron chi connectivity index (χ2n) is 8.19. The molecule has 186 valence electrons. The number of halogens is 3. The Morgan fingerprint density at radius 3 is 1.85 bits per heavy atom. The first-order valence-corrected chi connectivity index (χ1v) is 12.5. The largest absolute Gasteiger partial charge is 0.417 e. The molecule has 9 nitrogen and oxygen atoms in total. The molecule has 4 rings (SSSR count). The fourth-order valence-electron chi connectivity index (χ4n) is 4.22. The van der Waals surface area contributed by atoms with Crippen molar-refractivity contribution in [1.29, 1.82) is 0 Å². The lowest BCUT2D eigenvalue weighted by Gasteiger charge is -2.36. The fourth-order valence-corrected chi connectivity index (χ4v) is 5.85. The summed E-state index contributed by atoms with van der Waals surface area (Å²) in [4.78, 5) is 5.45. The standard InChI is InChI=1S/C21H27F3N6O3S/c22-21(23,24)17-3-1-2-4-18(17)34(32,33)30-13-11-29(12-14-30)20-6-5-19(25-26-20)28-9-7-27(8-10-28)15-16-31/h1-6,31H,7-16H2.